The summed E-state index contributed by atoms with van der Waals surface area (Å²) in [7, 11) is 3.03. The van der Waals surface area contributed by atoms with Gasteiger partial charge in [-0.1, -0.05) is 0 Å². The summed E-state index contributed by atoms with van der Waals surface area (Å²) in [6.45, 7) is 1.52. The van der Waals surface area contributed by atoms with Crippen molar-refractivity contribution in [3.63, 3.8) is 0 Å². The lowest BCUT2D eigenvalue weighted by molar-refractivity contribution is -0.119. The molecular weight excluding hydrogens is 318 g/mol. The Morgan fingerprint density at radius 3 is 2.52 bits per heavy atom. The van der Waals surface area contributed by atoms with Gasteiger partial charge < -0.3 is 19.5 Å². The van der Waals surface area contributed by atoms with Crippen LogP contribution in [0.5, 0.6) is 11.5 Å². The van der Waals surface area contributed by atoms with Gasteiger partial charge in [-0.25, -0.2) is 4.79 Å². The van der Waals surface area contributed by atoms with Gasteiger partial charge in [-0.3, -0.25) is 4.79 Å². The lowest BCUT2D eigenvalue weighted by Gasteiger charge is -2.11. The third kappa shape index (κ3) is 4.46. The number of thiophene rings is 1. The summed E-state index contributed by atoms with van der Waals surface area (Å²) >= 11 is 1.32. The van der Waals surface area contributed by atoms with Crippen molar-refractivity contribution in [1.29, 1.82) is 0 Å². The largest absolute Gasteiger partial charge is 0.497 e. The number of ether oxygens (including phenoxy) is 3. The maximum atomic E-state index is 11.9. The number of nitrogens with one attached hydrogen (secondary N) is 1. The van der Waals surface area contributed by atoms with E-state index >= 15 is 0 Å². The molecule has 1 aromatic carbocycles. The van der Waals surface area contributed by atoms with Gasteiger partial charge in [-0.15, -0.1) is 11.3 Å². The van der Waals surface area contributed by atoms with Crippen molar-refractivity contribution in [2.45, 2.75) is 6.92 Å². The molecule has 2 aromatic rings. The average molecular weight is 335 g/mol. The van der Waals surface area contributed by atoms with Gasteiger partial charge in [0.25, 0.3) is 5.91 Å². The number of esters is 1. The number of amides is 1. The van der Waals surface area contributed by atoms with Gasteiger partial charge in [-0.2, -0.15) is 0 Å². The molecule has 1 aromatic heterocycles. The molecule has 2 rings (SSSR count). The fourth-order valence-electron chi connectivity index (χ4n) is 1.83. The van der Waals surface area contributed by atoms with Crippen molar-refractivity contribution in [2.75, 3.05) is 26.1 Å². The molecule has 0 aliphatic carbocycles. The Morgan fingerprint density at radius 2 is 1.91 bits per heavy atom. The van der Waals surface area contributed by atoms with Gasteiger partial charge in [-0.05, 0) is 31.2 Å². The Hall–Kier alpha value is -2.54. The van der Waals surface area contributed by atoms with Crippen LogP contribution in [-0.4, -0.2) is 32.7 Å². The van der Waals surface area contributed by atoms with Crippen LogP contribution in [-0.2, 0) is 9.53 Å². The van der Waals surface area contributed by atoms with Gasteiger partial charge >= 0.3 is 5.97 Å². The van der Waals surface area contributed by atoms with Gasteiger partial charge in [0.2, 0.25) is 0 Å². The zero-order valence-electron chi connectivity index (χ0n) is 13.0. The topological polar surface area (TPSA) is 73.9 Å². The van der Waals surface area contributed by atoms with Crippen LogP contribution in [0.15, 0.2) is 30.3 Å². The van der Waals surface area contributed by atoms with E-state index in [2.05, 4.69) is 5.32 Å². The van der Waals surface area contributed by atoms with E-state index in [1.54, 1.807) is 31.4 Å². The zero-order chi connectivity index (χ0) is 16.8. The molecule has 0 fully saturated rings. The second kappa shape index (κ2) is 7.64. The molecule has 0 radical (unpaired) electrons. The summed E-state index contributed by atoms with van der Waals surface area (Å²) < 4.78 is 15.3. The molecule has 122 valence electrons. The molecule has 23 heavy (non-hydrogen) atoms. The summed E-state index contributed by atoms with van der Waals surface area (Å²) in [4.78, 5) is 25.2. The number of aryl methyl sites for hydroxylation is 1. The summed E-state index contributed by atoms with van der Waals surface area (Å²) in [5.74, 6) is 0.104. The summed E-state index contributed by atoms with van der Waals surface area (Å²) in [6.07, 6.45) is 0. The van der Waals surface area contributed by atoms with Crippen LogP contribution >= 0.6 is 11.3 Å². The van der Waals surface area contributed by atoms with Crippen molar-refractivity contribution in [3.8, 4) is 11.5 Å². The first-order valence-corrected chi connectivity index (χ1v) is 7.60. The van der Waals surface area contributed by atoms with Gasteiger partial charge in [0, 0.05) is 10.9 Å². The van der Waals surface area contributed by atoms with E-state index in [4.69, 9.17) is 14.2 Å². The molecule has 0 atom stereocenters. The number of anilines is 1. The highest BCUT2D eigenvalue weighted by Crippen LogP contribution is 2.28. The van der Waals surface area contributed by atoms with E-state index < -0.39 is 11.9 Å². The number of hydrogen-bond donors (Lipinski definition) is 1. The standard InChI is InChI=1S/C16H17NO5S/c1-10-4-7-14(23-10)16(19)22-9-15(18)17-12-6-5-11(20-2)8-13(12)21-3/h4-8H,9H2,1-3H3,(H,17,18). The van der Waals surface area contributed by atoms with Crippen molar-refractivity contribution in [2.24, 2.45) is 0 Å². The second-order valence-electron chi connectivity index (χ2n) is 4.60. The smallest absolute Gasteiger partial charge is 0.348 e. The SMILES string of the molecule is COc1ccc(NC(=O)COC(=O)c2ccc(C)s2)c(OC)c1. The van der Waals surface area contributed by atoms with Gasteiger partial charge in [0.1, 0.15) is 16.4 Å². The number of methoxy groups -OCH3 is 2. The Balaban J connectivity index is 1.93. The van der Waals surface area contributed by atoms with Crippen molar-refractivity contribution >= 4 is 28.9 Å². The highest BCUT2D eigenvalue weighted by molar-refractivity contribution is 7.13. The molecule has 0 unspecified atom stereocenters. The Bertz CT molecular complexity index is 710. The van der Waals surface area contributed by atoms with E-state index in [0.717, 1.165) is 4.88 Å². The molecule has 7 heteroatoms. The molecule has 0 spiro atoms. The van der Waals surface area contributed by atoms with Crippen LogP contribution in [0.25, 0.3) is 0 Å². The number of carbonyl (C=O) groups excluding carboxylic acids is 2. The molecular formula is C16H17NO5S. The minimum Gasteiger partial charge on any atom is -0.497 e. The lowest BCUT2D eigenvalue weighted by atomic mass is 10.2. The first kappa shape index (κ1) is 16.8. The zero-order valence-corrected chi connectivity index (χ0v) is 13.9. The Kier molecular flexibility index (Phi) is 5.59. The first-order valence-electron chi connectivity index (χ1n) is 6.79. The predicted octanol–water partition coefficient (Wildman–Crippen LogP) is 2.87. The maximum Gasteiger partial charge on any atom is 0.348 e. The third-order valence-corrected chi connectivity index (χ3v) is 3.94. The molecule has 1 amide bonds. The fourth-order valence-corrected chi connectivity index (χ4v) is 2.60. The molecule has 0 saturated carbocycles. The summed E-state index contributed by atoms with van der Waals surface area (Å²) in [6, 6.07) is 8.49. The van der Waals surface area contributed by atoms with Crippen molar-refractivity contribution in [1.82, 2.24) is 0 Å². The van der Waals surface area contributed by atoms with Gasteiger partial charge in [0.05, 0.1) is 19.9 Å². The fraction of sp³-hybridized carbons (Fsp3) is 0.250. The minimum atomic E-state index is -0.514. The highest BCUT2D eigenvalue weighted by atomic mass is 32.1. The molecule has 0 saturated heterocycles. The van der Waals surface area contributed by atoms with Crippen LogP contribution in [0.4, 0.5) is 5.69 Å². The third-order valence-electron chi connectivity index (χ3n) is 2.96. The van der Waals surface area contributed by atoms with Gasteiger partial charge in [0.15, 0.2) is 6.61 Å². The van der Waals surface area contributed by atoms with E-state index in [1.807, 2.05) is 13.0 Å². The lowest BCUT2D eigenvalue weighted by Crippen LogP contribution is -2.20. The van der Waals surface area contributed by atoms with Crippen LogP contribution in [0.2, 0.25) is 0 Å². The monoisotopic (exact) mass is 335 g/mol. The maximum absolute atomic E-state index is 11.9. The average Bonchev–Trinajstić information content (AvgIpc) is 2.99. The van der Waals surface area contributed by atoms with Crippen LogP contribution in [0.3, 0.4) is 0 Å². The highest BCUT2D eigenvalue weighted by Gasteiger charge is 2.13. The van der Waals surface area contributed by atoms with E-state index in [9.17, 15) is 9.59 Å². The number of hydrogen-bond acceptors (Lipinski definition) is 6. The van der Waals surface area contributed by atoms with E-state index in [-0.39, 0.29) is 6.61 Å². The van der Waals surface area contributed by atoms with E-state index in [1.165, 1.54) is 18.4 Å². The number of rotatable bonds is 6. The molecule has 6 nitrogen and oxygen atoms in total. The number of benzene rings is 1. The normalized spacial score (nSPS) is 10.0. The molecule has 1 heterocycles. The van der Waals surface area contributed by atoms with Crippen LogP contribution < -0.4 is 14.8 Å². The Morgan fingerprint density at radius 1 is 1.13 bits per heavy atom. The molecule has 0 aliphatic heterocycles. The summed E-state index contributed by atoms with van der Waals surface area (Å²) in [5, 5.41) is 2.63. The quantitative estimate of drug-likeness (QED) is 0.822. The number of carbonyl (C=O) groups is 2. The summed E-state index contributed by atoms with van der Waals surface area (Å²) in [5.41, 5.74) is 0.473. The minimum absolute atomic E-state index is 0.370. The molecule has 1 N–H and O–H groups in total. The Labute approximate surface area is 138 Å². The van der Waals surface area contributed by atoms with Crippen LogP contribution in [0.1, 0.15) is 14.5 Å². The predicted molar refractivity (Wildman–Crippen MR) is 87.5 cm³/mol. The van der Waals surface area contributed by atoms with E-state index in [0.29, 0.717) is 22.1 Å². The molecule has 0 bridgehead atoms. The first-order chi connectivity index (χ1) is 11.0. The van der Waals surface area contributed by atoms with Crippen molar-refractivity contribution < 1.29 is 23.8 Å². The molecule has 0 aliphatic rings. The van der Waals surface area contributed by atoms with Crippen molar-refractivity contribution in [3.05, 3.63) is 40.1 Å². The second-order valence-corrected chi connectivity index (χ2v) is 5.89. The van der Waals surface area contributed by atoms with Crippen LogP contribution in [0, 0.1) is 6.92 Å².